The van der Waals surface area contributed by atoms with Gasteiger partial charge in [-0.1, -0.05) is 18.2 Å². The number of nitrogens with two attached hydrogens (primary N) is 1. The molecule has 1 aromatic rings. The Hall–Kier alpha value is -1.32. The summed E-state index contributed by atoms with van der Waals surface area (Å²) >= 11 is 0. The highest BCUT2D eigenvalue weighted by Crippen LogP contribution is 2.12. The molecule has 1 atom stereocenters. The lowest BCUT2D eigenvalue weighted by Crippen LogP contribution is -2.34. The molecule has 1 rings (SSSR count). The van der Waals surface area contributed by atoms with Crippen LogP contribution < -0.4 is 16.0 Å². The molecule has 1 unspecified atom stereocenters. The number of ether oxygens (including phenoxy) is 1. The van der Waals surface area contributed by atoms with Crippen molar-refractivity contribution >= 4 is 0 Å². The van der Waals surface area contributed by atoms with Gasteiger partial charge in [0.05, 0.1) is 7.11 Å². The highest BCUT2D eigenvalue weighted by atomic mass is 16.5. The molecule has 76 valence electrons. The lowest BCUT2D eigenvalue weighted by Gasteiger charge is -2.10. The van der Waals surface area contributed by atoms with Crippen molar-refractivity contribution in [3.05, 3.63) is 42.5 Å². The molecule has 3 nitrogen and oxygen atoms in total. The molecule has 14 heavy (non-hydrogen) atoms. The van der Waals surface area contributed by atoms with E-state index >= 15 is 0 Å². The third-order valence-corrected chi connectivity index (χ3v) is 2.11. The second kappa shape index (κ2) is 5.42. The van der Waals surface area contributed by atoms with Gasteiger partial charge in [0, 0.05) is 6.04 Å². The van der Waals surface area contributed by atoms with Gasteiger partial charge in [0.15, 0.2) is 0 Å². The Morgan fingerprint density at radius 1 is 1.50 bits per heavy atom. The number of hydrazine groups is 1. The van der Waals surface area contributed by atoms with Gasteiger partial charge >= 0.3 is 0 Å². The minimum absolute atomic E-state index is 0.114. The second-order valence-corrected chi connectivity index (χ2v) is 3.06. The average Bonchev–Trinajstić information content (AvgIpc) is 2.26. The van der Waals surface area contributed by atoms with Crippen LogP contribution in [0.25, 0.3) is 0 Å². The summed E-state index contributed by atoms with van der Waals surface area (Å²) in [5.74, 6) is 6.21. The SMILES string of the molecule is C=CC(Cc1ccc(OC)cc1)NN. The summed E-state index contributed by atoms with van der Waals surface area (Å²) in [6.07, 6.45) is 2.63. The van der Waals surface area contributed by atoms with Crippen LogP contribution in [0.15, 0.2) is 36.9 Å². The lowest BCUT2D eigenvalue weighted by molar-refractivity contribution is 0.414. The zero-order chi connectivity index (χ0) is 10.4. The Morgan fingerprint density at radius 2 is 2.14 bits per heavy atom. The van der Waals surface area contributed by atoms with E-state index in [1.54, 1.807) is 13.2 Å². The molecule has 3 heteroatoms. The smallest absolute Gasteiger partial charge is 0.118 e. The third-order valence-electron chi connectivity index (χ3n) is 2.11. The summed E-state index contributed by atoms with van der Waals surface area (Å²) in [6.45, 7) is 3.69. The van der Waals surface area contributed by atoms with E-state index in [1.807, 2.05) is 24.3 Å². The molecule has 3 N–H and O–H groups in total. The number of benzene rings is 1. The predicted octanol–water partition coefficient (Wildman–Crippen LogP) is 1.26. The van der Waals surface area contributed by atoms with Gasteiger partial charge in [-0.05, 0) is 24.1 Å². The number of nitrogens with one attached hydrogen (secondary N) is 1. The monoisotopic (exact) mass is 192 g/mol. The zero-order valence-electron chi connectivity index (χ0n) is 8.36. The summed E-state index contributed by atoms with van der Waals surface area (Å²) < 4.78 is 5.07. The number of hydrogen-bond acceptors (Lipinski definition) is 3. The molecule has 0 aliphatic heterocycles. The van der Waals surface area contributed by atoms with Crippen molar-refractivity contribution in [2.24, 2.45) is 5.84 Å². The Kier molecular flexibility index (Phi) is 4.16. The Bertz CT molecular complexity index is 282. The first-order valence-electron chi connectivity index (χ1n) is 4.51. The molecule has 0 spiro atoms. The van der Waals surface area contributed by atoms with Crippen LogP contribution in [0.4, 0.5) is 0 Å². The van der Waals surface area contributed by atoms with Crippen LogP contribution in [0, 0.1) is 0 Å². The van der Waals surface area contributed by atoms with Gasteiger partial charge in [0.1, 0.15) is 5.75 Å². The molecule has 0 heterocycles. The third kappa shape index (κ3) is 2.87. The minimum Gasteiger partial charge on any atom is -0.497 e. The van der Waals surface area contributed by atoms with Gasteiger partial charge in [-0.15, -0.1) is 6.58 Å². The summed E-state index contributed by atoms with van der Waals surface area (Å²) in [5.41, 5.74) is 3.88. The van der Waals surface area contributed by atoms with Gasteiger partial charge in [0.25, 0.3) is 0 Å². The molecule has 0 bridgehead atoms. The molecule has 0 saturated carbocycles. The Labute approximate surface area is 84.5 Å². The summed E-state index contributed by atoms with van der Waals surface area (Å²) in [6, 6.07) is 8.03. The molecule has 0 aliphatic rings. The molecular weight excluding hydrogens is 176 g/mol. The van der Waals surface area contributed by atoms with Crippen molar-refractivity contribution in [3.8, 4) is 5.75 Å². The van der Waals surface area contributed by atoms with Crippen molar-refractivity contribution < 1.29 is 4.74 Å². The van der Waals surface area contributed by atoms with Crippen molar-refractivity contribution in [1.29, 1.82) is 0 Å². The number of methoxy groups -OCH3 is 1. The van der Waals surface area contributed by atoms with E-state index in [0.717, 1.165) is 12.2 Å². The van der Waals surface area contributed by atoms with Crippen molar-refractivity contribution in [3.63, 3.8) is 0 Å². The number of rotatable bonds is 5. The predicted molar refractivity (Wildman–Crippen MR) is 58.0 cm³/mol. The molecule has 1 aromatic carbocycles. The summed E-state index contributed by atoms with van der Waals surface area (Å²) in [7, 11) is 1.66. The topological polar surface area (TPSA) is 47.3 Å². The van der Waals surface area contributed by atoms with Gasteiger partial charge in [0.2, 0.25) is 0 Å². The zero-order valence-corrected chi connectivity index (χ0v) is 8.36. The van der Waals surface area contributed by atoms with Gasteiger partial charge in [-0.3, -0.25) is 11.3 Å². The maximum Gasteiger partial charge on any atom is 0.118 e. The highest BCUT2D eigenvalue weighted by Gasteiger charge is 2.02. The fourth-order valence-corrected chi connectivity index (χ4v) is 1.23. The van der Waals surface area contributed by atoms with Crippen LogP contribution in [0.1, 0.15) is 5.56 Å². The van der Waals surface area contributed by atoms with Crippen molar-refractivity contribution in [2.45, 2.75) is 12.5 Å². The Morgan fingerprint density at radius 3 is 2.57 bits per heavy atom. The number of hydrogen-bond donors (Lipinski definition) is 2. The first kappa shape index (κ1) is 10.8. The van der Waals surface area contributed by atoms with Crippen LogP contribution in [-0.2, 0) is 6.42 Å². The van der Waals surface area contributed by atoms with E-state index < -0.39 is 0 Å². The average molecular weight is 192 g/mol. The van der Waals surface area contributed by atoms with E-state index in [2.05, 4.69) is 12.0 Å². The van der Waals surface area contributed by atoms with Crippen LogP contribution in [0.2, 0.25) is 0 Å². The lowest BCUT2D eigenvalue weighted by atomic mass is 10.1. The van der Waals surface area contributed by atoms with Crippen LogP contribution in [-0.4, -0.2) is 13.2 Å². The van der Waals surface area contributed by atoms with Gasteiger partial charge in [-0.2, -0.15) is 0 Å². The highest BCUT2D eigenvalue weighted by molar-refractivity contribution is 5.28. The largest absolute Gasteiger partial charge is 0.497 e. The van der Waals surface area contributed by atoms with Crippen molar-refractivity contribution in [1.82, 2.24) is 5.43 Å². The quantitative estimate of drug-likeness (QED) is 0.419. The fraction of sp³-hybridized carbons (Fsp3) is 0.273. The molecule has 0 amide bonds. The summed E-state index contributed by atoms with van der Waals surface area (Å²) in [5, 5.41) is 0. The van der Waals surface area contributed by atoms with Crippen LogP contribution >= 0.6 is 0 Å². The maximum atomic E-state index is 5.34. The van der Waals surface area contributed by atoms with Gasteiger partial charge in [-0.25, -0.2) is 0 Å². The van der Waals surface area contributed by atoms with E-state index in [-0.39, 0.29) is 6.04 Å². The second-order valence-electron chi connectivity index (χ2n) is 3.06. The van der Waals surface area contributed by atoms with E-state index in [0.29, 0.717) is 0 Å². The molecule has 0 fully saturated rings. The fourth-order valence-electron chi connectivity index (χ4n) is 1.23. The first-order chi connectivity index (χ1) is 6.80. The maximum absolute atomic E-state index is 5.34. The summed E-state index contributed by atoms with van der Waals surface area (Å²) in [4.78, 5) is 0. The van der Waals surface area contributed by atoms with Crippen LogP contribution in [0.5, 0.6) is 5.75 Å². The minimum atomic E-state index is 0.114. The first-order valence-corrected chi connectivity index (χ1v) is 4.51. The van der Waals surface area contributed by atoms with Gasteiger partial charge < -0.3 is 4.74 Å². The van der Waals surface area contributed by atoms with Crippen molar-refractivity contribution in [2.75, 3.05) is 7.11 Å². The molecule has 0 aromatic heterocycles. The molecule has 0 radical (unpaired) electrons. The Balaban J connectivity index is 2.63. The molecule has 0 saturated heterocycles. The molecule has 0 aliphatic carbocycles. The standard InChI is InChI=1S/C11H16N2O/c1-3-10(13-12)8-9-4-6-11(14-2)7-5-9/h3-7,10,13H,1,8,12H2,2H3. The van der Waals surface area contributed by atoms with E-state index in [9.17, 15) is 0 Å². The van der Waals surface area contributed by atoms with Crippen LogP contribution in [0.3, 0.4) is 0 Å². The molecular formula is C11H16N2O. The normalized spacial score (nSPS) is 12.1. The van der Waals surface area contributed by atoms with E-state index in [1.165, 1.54) is 5.56 Å². The van der Waals surface area contributed by atoms with E-state index in [4.69, 9.17) is 10.6 Å².